The number of likely N-dealkylation sites (tertiary alicyclic amines) is 1. The Bertz CT molecular complexity index is 564. The van der Waals surface area contributed by atoms with Crippen molar-refractivity contribution in [3.8, 4) is 0 Å². The molecular formula is C14H18ClN3O3. The lowest BCUT2D eigenvalue weighted by Crippen LogP contribution is -2.51. The molecule has 114 valence electrons. The minimum atomic E-state index is -0.561. The van der Waals surface area contributed by atoms with Gasteiger partial charge in [0.25, 0.3) is 11.6 Å². The van der Waals surface area contributed by atoms with Gasteiger partial charge in [-0.1, -0.05) is 18.5 Å². The van der Waals surface area contributed by atoms with Crippen molar-refractivity contribution >= 4 is 23.2 Å². The van der Waals surface area contributed by atoms with Crippen molar-refractivity contribution in [2.75, 3.05) is 13.1 Å². The predicted octanol–water partition coefficient (Wildman–Crippen LogP) is 2.45. The van der Waals surface area contributed by atoms with Gasteiger partial charge in [0.1, 0.15) is 5.56 Å². The molecule has 1 saturated heterocycles. The molecule has 1 heterocycles. The van der Waals surface area contributed by atoms with E-state index in [9.17, 15) is 14.9 Å². The van der Waals surface area contributed by atoms with E-state index in [-0.39, 0.29) is 29.1 Å². The molecule has 21 heavy (non-hydrogen) atoms. The number of nitrogens with zero attached hydrogens (tertiary/aromatic N) is 2. The van der Waals surface area contributed by atoms with Crippen LogP contribution in [0.1, 0.15) is 30.1 Å². The molecule has 1 aliphatic rings. The number of benzene rings is 1. The van der Waals surface area contributed by atoms with Crippen LogP contribution in [-0.2, 0) is 0 Å². The summed E-state index contributed by atoms with van der Waals surface area (Å²) in [6.07, 6.45) is 1.88. The molecule has 2 atom stereocenters. The third-order valence-electron chi connectivity index (χ3n) is 4.00. The molecule has 0 bridgehead atoms. The monoisotopic (exact) mass is 311 g/mol. The first-order chi connectivity index (χ1) is 9.95. The molecule has 1 aromatic rings. The molecule has 0 aliphatic carbocycles. The number of hydrogen-bond donors (Lipinski definition) is 1. The summed E-state index contributed by atoms with van der Waals surface area (Å²) < 4.78 is 0. The quantitative estimate of drug-likeness (QED) is 0.686. The van der Waals surface area contributed by atoms with Gasteiger partial charge in [-0.05, 0) is 30.9 Å². The summed E-state index contributed by atoms with van der Waals surface area (Å²) >= 11 is 5.89. The molecule has 1 aliphatic heterocycles. The predicted molar refractivity (Wildman–Crippen MR) is 80.4 cm³/mol. The van der Waals surface area contributed by atoms with Gasteiger partial charge in [0.15, 0.2) is 0 Å². The van der Waals surface area contributed by atoms with E-state index < -0.39 is 4.92 Å². The highest BCUT2D eigenvalue weighted by molar-refractivity contribution is 6.31. The zero-order valence-corrected chi connectivity index (χ0v) is 12.5. The average Bonchev–Trinajstić information content (AvgIpc) is 2.45. The first kappa shape index (κ1) is 15.7. The van der Waals surface area contributed by atoms with Gasteiger partial charge in [-0.3, -0.25) is 14.9 Å². The number of carbonyl (C=O) groups is 1. The Labute approximate surface area is 128 Å². The van der Waals surface area contributed by atoms with Gasteiger partial charge in [-0.2, -0.15) is 0 Å². The molecule has 1 amide bonds. The first-order valence-electron chi connectivity index (χ1n) is 6.90. The van der Waals surface area contributed by atoms with Gasteiger partial charge in [-0.25, -0.2) is 0 Å². The third-order valence-corrected chi connectivity index (χ3v) is 4.24. The van der Waals surface area contributed by atoms with Crippen molar-refractivity contribution in [1.82, 2.24) is 4.90 Å². The van der Waals surface area contributed by atoms with Gasteiger partial charge in [-0.15, -0.1) is 0 Å². The fourth-order valence-electron chi connectivity index (χ4n) is 2.85. The second-order valence-corrected chi connectivity index (χ2v) is 5.78. The molecule has 1 fully saturated rings. The van der Waals surface area contributed by atoms with E-state index >= 15 is 0 Å². The van der Waals surface area contributed by atoms with Crippen LogP contribution in [0.4, 0.5) is 5.69 Å². The van der Waals surface area contributed by atoms with Crippen LogP contribution >= 0.6 is 11.6 Å². The molecule has 1 aromatic carbocycles. The van der Waals surface area contributed by atoms with Crippen LogP contribution < -0.4 is 5.73 Å². The number of nitro groups is 1. The maximum Gasteiger partial charge on any atom is 0.282 e. The molecule has 0 saturated carbocycles. The highest BCUT2D eigenvalue weighted by Crippen LogP contribution is 2.29. The van der Waals surface area contributed by atoms with Crippen LogP contribution in [0.25, 0.3) is 0 Å². The Morgan fingerprint density at radius 2 is 2.29 bits per heavy atom. The number of hydrogen-bond acceptors (Lipinski definition) is 4. The number of halogens is 1. The zero-order chi connectivity index (χ0) is 15.6. The van der Waals surface area contributed by atoms with E-state index in [1.54, 1.807) is 4.90 Å². The Kier molecular flexibility index (Phi) is 4.80. The van der Waals surface area contributed by atoms with Crippen LogP contribution in [-0.4, -0.2) is 34.9 Å². The number of carbonyl (C=O) groups excluding carboxylic acids is 1. The lowest BCUT2D eigenvalue weighted by Gasteiger charge is -2.39. The van der Waals surface area contributed by atoms with Crippen LogP contribution in [0.3, 0.4) is 0 Å². The zero-order valence-electron chi connectivity index (χ0n) is 11.8. The number of amides is 1. The molecule has 7 heteroatoms. The van der Waals surface area contributed by atoms with Gasteiger partial charge >= 0.3 is 0 Å². The normalized spacial score (nSPS) is 22.1. The van der Waals surface area contributed by atoms with E-state index in [0.717, 1.165) is 12.8 Å². The van der Waals surface area contributed by atoms with E-state index in [4.69, 9.17) is 17.3 Å². The van der Waals surface area contributed by atoms with Crippen molar-refractivity contribution in [2.45, 2.75) is 25.8 Å². The topological polar surface area (TPSA) is 89.5 Å². The molecule has 2 N–H and O–H groups in total. The van der Waals surface area contributed by atoms with Crippen LogP contribution in [0.15, 0.2) is 18.2 Å². The van der Waals surface area contributed by atoms with Crippen molar-refractivity contribution in [3.05, 3.63) is 38.9 Å². The summed E-state index contributed by atoms with van der Waals surface area (Å²) in [5.41, 5.74) is 5.58. The van der Waals surface area contributed by atoms with E-state index in [1.165, 1.54) is 18.2 Å². The van der Waals surface area contributed by atoms with Gasteiger partial charge < -0.3 is 10.6 Å². The lowest BCUT2D eigenvalue weighted by atomic mass is 9.90. The maximum absolute atomic E-state index is 12.7. The highest BCUT2D eigenvalue weighted by Gasteiger charge is 2.34. The smallest absolute Gasteiger partial charge is 0.282 e. The molecule has 0 spiro atoms. The summed E-state index contributed by atoms with van der Waals surface area (Å²) in [4.78, 5) is 24.9. The van der Waals surface area contributed by atoms with E-state index in [0.29, 0.717) is 18.1 Å². The van der Waals surface area contributed by atoms with Crippen LogP contribution in [0.5, 0.6) is 0 Å². The second-order valence-electron chi connectivity index (χ2n) is 5.34. The molecule has 0 aromatic heterocycles. The van der Waals surface area contributed by atoms with E-state index in [2.05, 4.69) is 0 Å². The molecule has 0 radical (unpaired) electrons. The lowest BCUT2D eigenvalue weighted by molar-refractivity contribution is -0.385. The minimum absolute atomic E-state index is 0.0278. The standard InChI is InChI=1S/C14H18ClN3O3/c1-9-3-2-6-17(13(9)8-16)14(19)11-7-10(15)4-5-12(11)18(20)21/h4-5,7,9,13H,2-3,6,8,16H2,1H3. The largest absolute Gasteiger partial charge is 0.334 e. The number of piperidine rings is 1. The summed E-state index contributed by atoms with van der Waals surface area (Å²) in [5.74, 6) is -0.0860. The minimum Gasteiger partial charge on any atom is -0.334 e. The summed E-state index contributed by atoms with van der Waals surface area (Å²) in [5, 5.41) is 11.4. The Morgan fingerprint density at radius 1 is 1.57 bits per heavy atom. The molecule has 2 unspecified atom stereocenters. The molecule has 6 nitrogen and oxygen atoms in total. The second kappa shape index (κ2) is 6.41. The number of nitro benzene ring substituents is 1. The maximum atomic E-state index is 12.7. The van der Waals surface area contributed by atoms with Crippen LogP contribution in [0, 0.1) is 16.0 Å². The number of rotatable bonds is 3. The summed E-state index contributed by atoms with van der Waals surface area (Å²) in [6, 6.07) is 3.94. The summed E-state index contributed by atoms with van der Waals surface area (Å²) in [7, 11) is 0. The van der Waals surface area contributed by atoms with Gasteiger partial charge in [0.2, 0.25) is 0 Å². The van der Waals surface area contributed by atoms with E-state index in [1.807, 2.05) is 6.92 Å². The Morgan fingerprint density at radius 3 is 2.90 bits per heavy atom. The fourth-order valence-corrected chi connectivity index (χ4v) is 3.03. The van der Waals surface area contributed by atoms with Crippen molar-refractivity contribution in [1.29, 1.82) is 0 Å². The van der Waals surface area contributed by atoms with Crippen molar-refractivity contribution < 1.29 is 9.72 Å². The van der Waals surface area contributed by atoms with Crippen LogP contribution in [0.2, 0.25) is 5.02 Å². The Balaban J connectivity index is 2.39. The fraction of sp³-hybridized carbons (Fsp3) is 0.500. The highest BCUT2D eigenvalue weighted by atomic mass is 35.5. The first-order valence-corrected chi connectivity index (χ1v) is 7.28. The van der Waals surface area contributed by atoms with Crippen molar-refractivity contribution in [3.63, 3.8) is 0 Å². The third kappa shape index (κ3) is 3.16. The van der Waals surface area contributed by atoms with Crippen molar-refractivity contribution in [2.24, 2.45) is 11.7 Å². The average molecular weight is 312 g/mol. The molecule has 2 rings (SSSR count). The van der Waals surface area contributed by atoms with Gasteiger partial charge in [0, 0.05) is 30.2 Å². The molecular weight excluding hydrogens is 294 g/mol. The summed E-state index contributed by atoms with van der Waals surface area (Å²) in [6.45, 7) is 2.96. The Hall–Kier alpha value is -1.66. The number of nitrogens with two attached hydrogens (primary N) is 1. The SMILES string of the molecule is CC1CCCN(C(=O)c2cc(Cl)ccc2[N+](=O)[O-])C1CN. The van der Waals surface area contributed by atoms with Gasteiger partial charge in [0.05, 0.1) is 4.92 Å².